The Kier molecular flexibility index (Phi) is 7.62. The number of fused-ring (bicyclic) bond motifs is 1. The van der Waals surface area contributed by atoms with Crippen LogP contribution in [0.4, 0.5) is 0 Å². The van der Waals surface area contributed by atoms with Crippen LogP contribution in [0.25, 0.3) is 10.8 Å². The number of unbranched alkanes of at least 4 members (excludes halogenated alkanes) is 2. The van der Waals surface area contributed by atoms with E-state index in [4.69, 9.17) is 0 Å². The van der Waals surface area contributed by atoms with Gasteiger partial charge in [0.1, 0.15) is 0 Å². The first-order valence-electron chi connectivity index (χ1n) is 9.46. The summed E-state index contributed by atoms with van der Waals surface area (Å²) in [6, 6.07) is 6.88. The summed E-state index contributed by atoms with van der Waals surface area (Å²) in [6.07, 6.45) is 2.81. The van der Waals surface area contributed by atoms with Crippen LogP contribution in [0.5, 0.6) is 0 Å². The average Bonchev–Trinajstić information content (AvgIpc) is 2.66. The minimum absolute atomic E-state index is 0.0485. The molecule has 2 N–H and O–H groups in total. The van der Waals surface area contributed by atoms with Crippen molar-refractivity contribution in [2.75, 3.05) is 5.75 Å². The minimum atomic E-state index is -0.547. The molecule has 0 aliphatic heterocycles. The number of rotatable bonds is 7. The molecule has 2 amide bonds. The zero-order valence-electron chi connectivity index (χ0n) is 16.9. The summed E-state index contributed by atoms with van der Waals surface area (Å²) in [7, 11) is 0. The Labute approximate surface area is 169 Å². The number of hydrogen-bond donors (Lipinski definition) is 2. The Balaban J connectivity index is 2.20. The van der Waals surface area contributed by atoms with Crippen molar-refractivity contribution in [2.45, 2.75) is 58.2 Å². The van der Waals surface area contributed by atoms with Crippen molar-refractivity contribution in [3.63, 3.8) is 0 Å². The van der Waals surface area contributed by atoms with Gasteiger partial charge in [-0.3, -0.25) is 25.2 Å². The van der Waals surface area contributed by atoms with Crippen LogP contribution in [0.1, 0.15) is 57.4 Å². The molecule has 0 spiro atoms. The van der Waals surface area contributed by atoms with E-state index < -0.39 is 5.91 Å². The molecule has 0 unspecified atom stereocenters. The van der Waals surface area contributed by atoms with Gasteiger partial charge in [0, 0.05) is 16.7 Å². The Morgan fingerprint density at radius 1 is 1.11 bits per heavy atom. The van der Waals surface area contributed by atoms with E-state index in [1.54, 1.807) is 24.3 Å². The van der Waals surface area contributed by atoms with Crippen LogP contribution in [0.2, 0.25) is 0 Å². The third-order valence-corrected chi connectivity index (χ3v) is 5.28. The molecule has 0 saturated heterocycles. The van der Waals surface area contributed by atoms with Crippen LogP contribution in [-0.4, -0.2) is 32.1 Å². The number of aromatic nitrogens is 2. The van der Waals surface area contributed by atoms with Gasteiger partial charge in [-0.05, 0) is 12.5 Å². The van der Waals surface area contributed by atoms with Gasteiger partial charge < -0.3 is 0 Å². The van der Waals surface area contributed by atoms with E-state index in [0.717, 1.165) is 19.3 Å². The summed E-state index contributed by atoms with van der Waals surface area (Å²) >= 11 is 1.48. The monoisotopic (exact) mass is 404 g/mol. The fourth-order valence-electron chi connectivity index (χ4n) is 2.57. The number of hydrazine groups is 1. The number of aryl methyl sites for hydroxylation is 1. The number of thioether (sulfide) groups is 1. The molecule has 1 aromatic carbocycles. The highest BCUT2D eigenvalue weighted by molar-refractivity contribution is 8.01. The van der Waals surface area contributed by atoms with Crippen molar-refractivity contribution in [2.24, 2.45) is 0 Å². The molecule has 0 bridgehead atoms. The van der Waals surface area contributed by atoms with Crippen LogP contribution >= 0.6 is 11.8 Å². The van der Waals surface area contributed by atoms with Crippen molar-refractivity contribution in [3.05, 3.63) is 40.3 Å². The number of nitrogens with zero attached hydrogens (tertiary/aromatic N) is 2. The maximum Gasteiger partial charge on any atom is 0.290 e. The number of carbonyl (C=O) groups is 2. The largest absolute Gasteiger partial charge is 0.290 e. The molecular formula is C20H28N4O3S. The van der Waals surface area contributed by atoms with Gasteiger partial charge >= 0.3 is 0 Å². The van der Waals surface area contributed by atoms with E-state index in [1.807, 2.05) is 20.8 Å². The Bertz CT molecular complexity index is 902. The molecule has 2 aromatic rings. The average molecular weight is 405 g/mol. The lowest BCUT2D eigenvalue weighted by Gasteiger charge is -2.17. The fraction of sp³-hybridized carbons (Fsp3) is 0.500. The highest BCUT2D eigenvalue weighted by atomic mass is 32.2. The highest BCUT2D eigenvalue weighted by Gasteiger charge is 2.18. The second-order valence-corrected chi connectivity index (χ2v) is 9.34. The number of nitrogens with one attached hydrogen (secondary N) is 2. The first kappa shape index (κ1) is 21.9. The molecule has 7 nitrogen and oxygen atoms in total. The summed E-state index contributed by atoms with van der Waals surface area (Å²) < 4.78 is 1.29. The van der Waals surface area contributed by atoms with Gasteiger partial charge in [0.2, 0.25) is 5.91 Å². The van der Waals surface area contributed by atoms with Gasteiger partial charge in [-0.1, -0.05) is 58.7 Å². The molecule has 2 rings (SSSR count). The summed E-state index contributed by atoms with van der Waals surface area (Å²) in [4.78, 5) is 37.2. The molecule has 0 aliphatic rings. The van der Waals surface area contributed by atoms with Crippen molar-refractivity contribution in [1.29, 1.82) is 0 Å². The maximum atomic E-state index is 12.6. The van der Waals surface area contributed by atoms with Crippen LogP contribution in [0.3, 0.4) is 0 Å². The third-order valence-electron chi connectivity index (χ3n) is 4.01. The SMILES string of the molecule is CCCCCn1nc(C(=O)NNC(=O)CSC(C)(C)C)c2ccccc2c1=O. The van der Waals surface area contributed by atoms with Crippen molar-refractivity contribution in [1.82, 2.24) is 20.6 Å². The topological polar surface area (TPSA) is 93.1 Å². The van der Waals surface area contributed by atoms with Gasteiger partial charge in [-0.15, -0.1) is 11.8 Å². The van der Waals surface area contributed by atoms with Crippen molar-refractivity contribution >= 4 is 34.3 Å². The Morgan fingerprint density at radius 2 is 1.79 bits per heavy atom. The maximum absolute atomic E-state index is 12.6. The smallest absolute Gasteiger partial charge is 0.272 e. The highest BCUT2D eigenvalue weighted by Crippen LogP contribution is 2.22. The molecule has 1 heterocycles. The number of amides is 2. The van der Waals surface area contributed by atoms with Gasteiger partial charge in [0.15, 0.2) is 5.69 Å². The number of carbonyl (C=O) groups excluding carboxylic acids is 2. The van der Waals surface area contributed by atoms with Gasteiger partial charge in [-0.25, -0.2) is 4.68 Å². The lowest BCUT2D eigenvalue weighted by Crippen LogP contribution is -2.44. The molecule has 0 atom stereocenters. The third kappa shape index (κ3) is 6.09. The fourth-order valence-corrected chi connectivity index (χ4v) is 3.21. The van der Waals surface area contributed by atoms with E-state index in [1.165, 1.54) is 16.4 Å². The van der Waals surface area contributed by atoms with E-state index >= 15 is 0 Å². The van der Waals surface area contributed by atoms with Crippen molar-refractivity contribution in [3.8, 4) is 0 Å². The summed E-state index contributed by atoms with van der Waals surface area (Å²) in [6.45, 7) is 8.58. The molecule has 152 valence electrons. The van der Waals surface area contributed by atoms with E-state index in [0.29, 0.717) is 17.3 Å². The van der Waals surface area contributed by atoms with Crippen LogP contribution in [-0.2, 0) is 11.3 Å². The number of benzene rings is 1. The molecule has 0 saturated carbocycles. The van der Waals surface area contributed by atoms with E-state index in [2.05, 4.69) is 22.9 Å². The Hall–Kier alpha value is -2.35. The van der Waals surface area contributed by atoms with Gasteiger partial charge in [0.25, 0.3) is 11.5 Å². The molecule has 8 heteroatoms. The standard InChI is InChI=1S/C20H28N4O3S/c1-5-6-9-12-24-19(27)15-11-8-7-10-14(15)17(23-24)18(26)22-21-16(25)13-28-20(2,3)4/h7-8,10-11H,5-6,9,12-13H2,1-4H3,(H,21,25)(H,22,26). The van der Waals surface area contributed by atoms with E-state index in [9.17, 15) is 14.4 Å². The minimum Gasteiger partial charge on any atom is -0.272 e. The zero-order chi connectivity index (χ0) is 20.7. The predicted molar refractivity (Wildman–Crippen MR) is 113 cm³/mol. The van der Waals surface area contributed by atoms with Gasteiger partial charge in [0.05, 0.1) is 11.1 Å². The Morgan fingerprint density at radius 3 is 2.43 bits per heavy atom. The molecule has 0 aliphatic carbocycles. The van der Waals surface area contributed by atoms with Gasteiger partial charge in [-0.2, -0.15) is 5.10 Å². The lowest BCUT2D eigenvalue weighted by molar-refractivity contribution is -0.119. The second kappa shape index (κ2) is 9.73. The van der Waals surface area contributed by atoms with Crippen LogP contribution in [0, 0.1) is 0 Å². The molecule has 28 heavy (non-hydrogen) atoms. The normalized spacial score (nSPS) is 11.4. The molecule has 0 radical (unpaired) electrons. The first-order valence-corrected chi connectivity index (χ1v) is 10.4. The van der Waals surface area contributed by atoms with Crippen LogP contribution in [0.15, 0.2) is 29.1 Å². The molecule has 1 aromatic heterocycles. The van der Waals surface area contributed by atoms with Crippen LogP contribution < -0.4 is 16.4 Å². The van der Waals surface area contributed by atoms with Crippen molar-refractivity contribution < 1.29 is 9.59 Å². The first-order chi connectivity index (χ1) is 13.2. The molecular weight excluding hydrogens is 376 g/mol. The predicted octanol–water partition coefficient (Wildman–Crippen LogP) is 2.88. The summed E-state index contributed by atoms with van der Waals surface area (Å²) in [5.74, 6) is -0.613. The molecule has 0 fully saturated rings. The number of hydrogen-bond acceptors (Lipinski definition) is 5. The second-order valence-electron chi connectivity index (χ2n) is 7.53. The summed E-state index contributed by atoms with van der Waals surface area (Å²) in [5.41, 5.74) is 4.74. The van der Waals surface area contributed by atoms with E-state index in [-0.39, 0.29) is 27.7 Å². The lowest BCUT2D eigenvalue weighted by atomic mass is 10.1. The zero-order valence-corrected chi connectivity index (χ0v) is 17.7. The quantitative estimate of drug-likeness (QED) is 0.547. The summed E-state index contributed by atoms with van der Waals surface area (Å²) in [5, 5.41) is 5.18.